The minimum atomic E-state index is -0.469. The Hall–Kier alpha value is -1.89. The summed E-state index contributed by atoms with van der Waals surface area (Å²) in [4.78, 5) is 27.1. The summed E-state index contributed by atoms with van der Waals surface area (Å²) in [7, 11) is 1.34. The first-order valence-corrected chi connectivity index (χ1v) is 10.2. The molecular formula is C20H23ClN2O3S. The second-order valence-electron chi connectivity index (χ2n) is 6.88. The average Bonchev–Trinajstić information content (AvgIpc) is 3.05. The van der Waals surface area contributed by atoms with Crippen molar-refractivity contribution in [2.24, 2.45) is 5.92 Å². The number of hydrogen-bond acceptors (Lipinski definition) is 5. The first-order chi connectivity index (χ1) is 13.0. The number of rotatable bonds is 5. The summed E-state index contributed by atoms with van der Waals surface area (Å²) in [5, 5.41) is 5.89. The molecule has 0 bridgehead atoms. The third-order valence-corrected chi connectivity index (χ3v) is 5.84. The molecule has 2 aromatic rings. The van der Waals surface area contributed by atoms with Crippen molar-refractivity contribution in [3.8, 4) is 11.1 Å². The number of benzene rings is 1. The Balaban J connectivity index is 1.79. The summed E-state index contributed by atoms with van der Waals surface area (Å²) in [6.45, 7) is 4.40. The molecule has 1 aromatic carbocycles. The van der Waals surface area contributed by atoms with E-state index < -0.39 is 5.97 Å². The van der Waals surface area contributed by atoms with E-state index in [2.05, 4.69) is 17.1 Å². The maximum atomic E-state index is 12.5. The monoisotopic (exact) mass is 406 g/mol. The number of piperidine rings is 1. The molecule has 1 aliphatic heterocycles. The summed E-state index contributed by atoms with van der Waals surface area (Å²) in [5.74, 6) is 0.0253. The molecule has 0 spiro atoms. The Labute approximate surface area is 168 Å². The number of nitrogens with one attached hydrogen (secondary N) is 1. The normalized spacial score (nSPS) is 17.5. The van der Waals surface area contributed by atoms with E-state index in [1.165, 1.54) is 24.9 Å². The number of anilines is 1. The standard InChI is InChI=1S/C20H23ClN2O3S/c1-13-4-3-9-23(10-13)11-17(24)22-19-18(20(25)26-2)16(12-27-19)14-5-7-15(21)8-6-14/h5-8,12-13H,3-4,9-11H2,1-2H3,(H,22,24). The van der Waals surface area contributed by atoms with Crippen LogP contribution in [0.4, 0.5) is 5.00 Å². The van der Waals surface area contributed by atoms with Crippen LogP contribution in [0.3, 0.4) is 0 Å². The SMILES string of the molecule is COC(=O)c1c(-c2ccc(Cl)cc2)csc1NC(=O)CN1CCCC(C)C1. The van der Waals surface area contributed by atoms with E-state index in [1.807, 2.05) is 17.5 Å². The lowest BCUT2D eigenvalue weighted by Gasteiger charge is -2.30. The highest BCUT2D eigenvalue weighted by molar-refractivity contribution is 7.15. The van der Waals surface area contributed by atoms with Crippen LogP contribution >= 0.6 is 22.9 Å². The number of halogens is 1. The number of methoxy groups -OCH3 is 1. The lowest BCUT2D eigenvalue weighted by molar-refractivity contribution is -0.117. The van der Waals surface area contributed by atoms with Crippen molar-refractivity contribution in [2.45, 2.75) is 19.8 Å². The molecule has 0 saturated carbocycles. The van der Waals surface area contributed by atoms with Gasteiger partial charge in [0, 0.05) is 22.5 Å². The summed E-state index contributed by atoms with van der Waals surface area (Å²) < 4.78 is 4.95. The fraction of sp³-hybridized carbons (Fsp3) is 0.400. The number of carbonyl (C=O) groups excluding carboxylic acids is 2. The van der Waals surface area contributed by atoms with Gasteiger partial charge < -0.3 is 10.1 Å². The smallest absolute Gasteiger partial charge is 0.341 e. The van der Waals surface area contributed by atoms with Gasteiger partial charge in [0.2, 0.25) is 5.91 Å². The predicted octanol–water partition coefficient (Wildman–Crippen LogP) is 4.53. The van der Waals surface area contributed by atoms with Crippen LogP contribution in [-0.4, -0.2) is 43.5 Å². The highest BCUT2D eigenvalue weighted by Gasteiger charge is 2.24. The van der Waals surface area contributed by atoms with Crippen molar-refractivity contribution in [3.63, 3.8) is 0 Å². The molecule has 2 heterocycles. The number of nitrogens with zero attached hydrogens (tertiary/aromatic N) is 1. The maximum Gasteiger partial charge on any atom is 0.341 e. The zero-order valence-corrected chi connectivity index (χ0v) is 17.0. The number of ether oxygens (including phenoxy) is 1. The zero-order valence-electron chi connectivity index (χ0n) is 15.5. The van der Waals surface area contributed by atoms with Crippen molar-refractivity contribution in [1.82, 2.24) is 4.90 Å². The molecule has 0 radical (unpaired) electrons. The van der Waals surface area contributed by atoms with Crippen molar-refractivity contribution in [2.75, 3.05) is 32.1 Å². The molecule has 1 unspecified atom stereocenters. The van der Waals surface area contributed by atoms with E-state index in [9.17, 15) is 9.59 Å². The summed E-state index contributed by atoms with van der Waals surface area (Å²) >= 11 is 7.28. The van der Waals surface area contributed by atoms with Gasteiger partial charge in [0.05, 0.1) is 13.7 Å². The number of hydrogen-bond donors (Lipinski definition) is 1. The van der Waals surface area contributed by atoms with Gasteiger partial charge >= 0.3 is 5.97 Å². The number of carbonyl (C=O) groups is 2. The van der Waals surface area contributed by atoms with Crippen molar-refractivity contribution >= 4 is 39.8 Å². The van der Waals surface area contributed by atoms with E-state index >= 15 is 0 Å². The predicted molar refractivity (Wildman–Crippen MR) is 110 cm³/mol. The van der Waals surface area contributed by atoms with Crippen LogP contribution in [0.1, 0.15) is 30.1 Å². The van der Waals surface area contributed by atoms with Gasteiger partial charge in [-0.3, -0.25) is 9.69 Å². The van der Waals surface area contributed by atoms with E-state index in [1.54, 1.807) is 12.1 Å². The molecule has 1 N–H and O–H groups in total. The highest BCUT2D eigenvalue weighted by Crippen LogP contribution is 2.36. The molecule has 144 valence electrons. The molecule has 1 amide bonds. The number of thiophene rings is 1. The molecule has 1 fully saturated rings. The van der Waals surface area contributed by atoms with E-state index in [0.717, 1.165) is 30.6 Å². The largest absolute Gasteiger partial charge is 0.465 e. The number of esters is 1. The van der Waals surface area contributed by atoms with Gasteiger partial charge in [-0.25, -0.2) is 4.79 Å². The van der Waals surface area contributed by atoms with Gasteiger partial charge in [-0.2, -0.15) is 0 Å². The lowest BCUT2D eigenvalue weighted by Crippen LogP contribution is -2.39. The van der Waals surface area contributed by atoms with Gasteiger partial charge in [-0.1, -0.05) is 30.7 Å². The molecule has 1 saturated heterocycles. The molecule has 0 aliphatic carbocycles. The molecule has 1 atom stereocenters. The average molecular weight is 407 g/mol. The van der Waals surface area contributed by atoms with Crippen LogP contribution < -0.4 is 5.32 Å². The van der Waals surface area contributed by atoms with Crippen LogP contribution in [-0.2, 0) is 9.53 Å². The lowest BCUT2D eigenvalue weighted by atomic mass is 10.0. The molecule has 5 nitrogen and oxygen atoms in total. The fourth-order valence-electron chi connectivity index (χ4n) is 3.40. The van der Waals surface area contributed by atoms with Gasteiger partial charge in [0.15, 0.2) is 0 Å². The van der Waals surface area contributed by atoms with Crippen LogP contribution in [0.2, 0.25) is 5.02 Å². The summed E-state index contributed by atoms with van der Waals surface area (Å²) in [5.41, 5.74) is 1.96. The Kier molecular flexibility index (Phi) is 6.52. The van der Waals surface area contributed by atoms with Gasteiger partial charge in [-0.15, -0.1) is 11.3 Å². The van der Waals surface area contributed by atoms with Crippen LogP contribution in [0.15, 0.2) is 29.6 Å². The quantitative estimate of drug-likeness (QED) is 0.741. The van der Waals surface area contributed by atoms with E-state index in [0.29, 0.717) is 28.0 Å². The molecule has 1 aromatic heterocycles. The van der Waals surface area contributed by atoms with E-state index in [-0.39, 0.29) is 5.91 Å². The Morgan fingerprint density at radius 2 is 2.07 bits per heavy atom. The molecule has 27 heavy (non-hydrogen) atoms. The fourth-order valence-corrected chi connectivity index (χ4v) is 4.50. The van der Waals surface area contributed by atoms with Gasteiger partial charge in [0.1, 0.15) is 10.6 Å². The maximum absolute atomic E-state index is 12.5. The minimum absolute atomic E-state index is 0.112. The van der Waals surface area contributed by atoms with Gasteiger partial charge in [-0.05, 0) is 43.0 Å². The second kappa shape index (κ2) is 8.87. The summed E-state index contributed by atoms with van der Waals surface area (Å²) in [6, 6.07) is 7.23. The minimum Gasteiger partial charge on any atom is -0.465 e. The van der Waals surface area contributed by atoms with Crippen LogP contribution in [0.5, 0.6) is 0 Å². The Morgan fingerprint density at radius 3 is 2.74 bits per heavy atom. The first-order valence-electron chi connectivity index (χ1n) is 8.96. The molecule has 7 heteroatoms. The highest BCUT2D eigenvalue weighted by atomic mass is 35.5. The van der Waals surface area contributed by atoms with Crippen molar-refractivity contribution < 1.29 is 14.3 Å². The third-order valence-electron chi connectivity index (χ3n) is 4.70. The van der Waals surface area contributed by atoms with Crippen molar-refractivity contribution in [3.05, 3.63) is 40.2 Å². The molecular weight excluding hydrogens is 384 g/mol. The third kappa shape index (κ3) is 4.89. The van der Waals surface area contributed by atoms with E-state index in [4.69, 9.17) is 16.3 Å². The topological polar surface area (TPSA) is 58.6 Å². The number of amides is 1. The summed E-state index contributed by atoms with van der Waals surface area (Å²) in [6.07, 6.45) is 2.32. The van der Waals surface area contributed by atoms with Crippen LogP contribution in [0, 0.1) is 5.92 Å². The van der Waals surface area contributed by atoms with Gasteiger partial charge in [0.25, 0.3) is 0 Å². The Morgan fingerprint density at radius 1 is 1.33 bits per heavy atom. The van der Waals surface area contributed by atoms with Crippen molar-refractivity contribution in [1.29, 1.82) is 0 Å². The zero-order chi connectivity index (χ0) is 19.4. The molecule has 3 rings (SSSR count). The van der Waals surface area contributed by atoms with Crippen LogP contribution in [0.25, 0.3) is 11.1 Å². The molecule has 1 aliphatic rings. The first kappa shape index (κ1) is 19.9. The number of likely N-dealkylation sites (tertiary alicyclic amines) is 1. The second-order valence-corrected chi connectivity index (χ2v) is 8.20. The Bertz CT molecular complexity index is 819.